The van der Waals surface area contributed by atoms with E-state index in [0.717, 1.165) is 24.5 Å². The molecule has 2 nitrogen and oxygen atoms in total. The van der Waals surface area contributed by atoms with Crippen LogP contribution in [-0.2, 0) is 6.61 Å². The molecule has 1 N–H and O–H groups in total. The number of aliphatic hydroxyl groups excluding tert-OH is 1. The molecule has 1 aromatic carbocycles. The van der Waals surface area contributed by atoms with Crippen LogP contribution in [0, 0.1) is 0 Å². The molecule has 0 aliphatic carbocycles. The number of aromatic nitrogens is 1. The first kappa shape index (κ1) is 11.3. The largest absolute Gasteiger partial charge is 0.391 e. The van der Waals surface area contributed by atoms with Gasteiger partial charge >= 0.3 is 0 Å². The molecule has 0 amide bonds. The molecule has 0 saturated carbocycles. The predicted octanol–water partition coefficient (Wildman–Crippen LogP) is 3.83. The van der Waals surface area contributed by atoms with Crippen LogP contribution < -0.4 is 0 Å². The van der Waals surface area contributed by atoms with Crippen LogP contribution in [0.3, 0.4) is 0 Å². The van der Waals surface area contributed by atoms with Gasteiger partial charge < -0.3 is 5.11 Å². The Hall–Kier alpha value is -0.230. The smallest absolute Gasteiger partial charge is 0.160 e. The van der Waals surface area contributed by atoms with Gasteiger partial charge in [-0.1, -0.05) is 28.1 Å². The summed E-state index contributed by atoms with van der Waals surface area (Å²) in [5.74, 6) is 0. The summed E-state index contributed by atoms with van der Waals surface area (Å²) in [6.07, 6.45) is 0. The molecule has 78 valence electrons. The average molecular weight is 349 g/mol. The second kappa shape index (κ2) is 4.74. The van der Waals surface area contributed by atoms with Gasteiger partial charge in [0.2, 0.25) is 0 Å². The fraction of sp³-hybridized carbons (Fsp3) is 0.100. The normalized spacial score (nSPS) is 10.6. The van der Waals surface area contributed by atoms with Crippen molar-refractivity contribution in [1.29, 1.82) is 0 Å². The summed E-state index contributed by atoms with van der Waals surface area (Å²) in [5.41, 5.74) is 1.85. The van der Waals surface area contributed by atoms with Crippen molar-refractivity contribution in [2.45, 2.75) is 6.61 Å². The van der Waals surface area contributed by atoms with Crippen molar-refractivity contribution in [2.75, 3.05) is 0 Å². The van der Waals surface area contributed by atoms with E-state index in [2.05, 4.69) is 36.8 Å². The zero-order valence-corrected chi connectivity index (χ0v) is 11.6. The molecule has 1 aromatic heterocycles. The van der Waals surface area contributed by atoms with E-state index >= 15 is 0 Å². The van der Waals surface area contributed by atoms with Gasteiger partial charge in [-0.15, -0.1) is 11.3 Å². The molecular weight excluding hydrogens is 342 g/mol. The fourth-order valence-electron chi connectivity index (χ4n) is 1.29. The van der Waals surface area contributed by atoms with E-state index in [1.165, 1.54) is 11.3 Å². The average Bonchev–Trinajstić information content (AvgIpc) is 2.59. The van der Waals surface area contributed by atoms with Gasteiger partial charge in [-0.3, -0.25) is 0 Å². The first-order valence-corrected chi connectivity index (χ1v) is 6.63. The number of hydrogen-bond acceptors (Lipinski definition) is 3. The number of thiazole rings is 1. The summed E-state index contributed by atoms with van der Waals surface area (Å²) in [6, 6.07) is 7.88. The van der Waals surface area contributed by atoms with Crippen molar-refractivity contribution in [1.82, 2.24) is 4.98 Å². The summed E-state index contributed by atoms with van der Waals surface area (Å²) in [5, 5.41) is 9.20. The number of benzene rings is 1. The summed E-state index contributed by atoms with van der Waals surface area (Å²) < 4.78 is 1.80. The van der Waals surface area contributed by atoms with Crippen LogP contribution >= 0.6 is 43.2 Å². The Morgan fingerprint density at radius 3 is 2.80 bits per heavy atom. The van der Waals surface area contributed by atoms with E-state index in [1.54, 1.807) is 0 Å². The molecule has 2 rings (SSSR count). The van der Waals surface area contributed by atoms with Gasteiger partial charge in [0.15, 0.2) is 3.92 Å². The van der Waals surface area contributed by atoms with Crippen molar-refractivity contribution >= 4 is 43.2 Å². The maximum absolute atomic E-state index is 9.20. The number of halogens is 2. The number of aliphatic hydroxyl groups is 1. The van der Waals surface area contributed by atoms with Gasteiger partial charge in [0.1, 0.15) is 0 Å². The molecule has 0 aliphatic rings. The maximum Gasteiger partial charge on any atom is 0.160 e. The molecular formula is C10H7Br2NOS. The van der Waals surface area contributed by atoms with Gasteiger partial charge in [-0.2, -0.15) is 0 Å². The van der Waals surface area contributed by atoms with Gasteiger partial charge in [-0.25, -0.2) is 4.98 Å². The lowest BCUT2D eigenvalue weighted by Gasteiger charge is -2.00. The second-order valence-corrected chi connectivity index (χ2v) is 6.18. The number of hydrogen-bond donors (Lipinski definition) is 1. The maximum atomic E-state index is 9.20. The third-order valence-electron chi connectivity index (χ3n) is 1.91. The summed E-state index contributed by atoms with van der Waals surface area (Å²) in [7, 11) is 0. The summed E-state index contributed by atoms with van der Waals surface area (Å²) >= 11 is 8.19. The minimum atomic E-state index is 0.0190. The highest BCUT2D eigenvalue weighted by molar-refractivity contribution is 9.11. The lowest BCUT2D eigenvalue weighted by atomic mass is 10.1. The van der Waals surface area contributed by atoms with Crippen molar-refractivity contribution in [3.05, 3.63) is 37.5 Å². The third kappa shape index (κ3) is 2.47. The van der Waals surface area contributed by atoms with E-state index in [-0.39, 0.29) is 6.61 Å². The van der Waals surface area contributed by atoms with E-state index < -0.39 is 0 Å². The van der Waals surface area contributed by atoms with E-state index in [1.807, 2.05) is 24.3 Å². The van der Waals surface area contributed by atoms with Crippen molar-refractivity contribution in [3.8, 4) is 11.3 Å². The van der Waals surface area contributed by atoms with Crippen LogP contribution in [0.5, 0.6) is 0 Å². The Kier molecular flexibility index (Phi) is 3.56. The summed E-state index contributed by atoms with van der Waals surface area (Å²) in [4.78, 5) is 5.22. The molecule has 2 aromatic rings. The third-order valence-corrected chi connectivity index (χ3v) is 3.90. The molecule has 0 spiro atoms. The lowest BCUT2D eigenvalue weighted by Crippen LogP contribution is -1.84. The van der Waals surface area contributed by atoms with E-state index in [4.69, 9.17) is 0 Å². The highest BCUT2D eigenvalue weighted by atomic mass is 79.9. The van der Waals surface area contributed by atoms with E-state index in [0.29, 0.717) is 0 Å². The predicted molar refractivity (Wildman–Crippen MR) is 68.9 cm³/mol. The Labute approximate surface area is 108 Å². The highest BCUT2D eigenvalue weighted by Crippen LogP contribution is 2.32. The molecule has 0 unspecified atom stereocenters. The van der Waals surface area contributed by atoms with E-state index in [9.17, 15) is 5.11 Å². The highest BCUT2D eigenvalue weighted by Gasteiger charge is 2.10. The Morgan fingerprint density at radius 2 is 2.13 bits per heavy atom. The van der Waals surface area contributed by atoms with Crippen LogP contribution in [0.4, 0.5) is 0 Å². The molecule has 0 radical (unpaired) electrons. The minimum Gasteiger partial charge on any atom is -0.391 e. The fourth-order valence-corrected chi connectivity index (χ4v) is 3.12. The standard InChI is InChI=1S/C10H7Br2NOS/c11-7-3-1-2-6(4-7)9-8(5-14)15-10(12)13-9/h1-4,14H,5H2. The Bertz CT molecular complexity index is 484. The van der Waals surface area contributed by atoms with Crippen molar-refractivity contribution < 1.29 is 5.11 Å². The molecule has 0 aliphatic heterocycles. The molecule has 0 bridgehead atoms. The van der Waals surface area contributed by atoms with Crippen LogP contribution in [0.1, 0.15) is 4.88 Å². The first-order chi connectivity index (χ1) is 7.20. The minimum absolute atomic E-state index is 0.0190. The van der Waals surface area contributed by atoms with Crippen molar-refractivity contribution in [2.24, 2.45) is 0 Å². The van der Waals surface area contributed by atoms with Crippen LogP contribution in [-0.4, -0.2) is 10.1 Å². The molecule has 0 atom stereocenters. The summed E-state index contributed by atoms with van der Waals surface area (Å²) in [6.45, 7) is 0.0190. The Balaban J connectivity index is 2.53. The van der Waals surface area contributed by atoms with Gasteiger partial charge in [-0.05, 0) is 28.1 Å². The van der Waals surface area contributed by atoms with Gasteiger partial charge in [0, 0.05) is 10.0 Å². The molecule has 1 heterocycles. The lowest BCUT2D eigenvalue weighted by molar-refractivity contribution is 0.286. The number of rotatable bonds is 2. The second-order valence-electron chi connectivity index (χ2n) is 2.91. The van der Waals surface area contributed by atoms with Crippen LogP contribution in [0.25, 0.3) is 11.3 Å². The van der Waals surface area contributed by atoms with Crippen LogP contribution in [0.15, 0.2) is 32.7 Å². The zero-order valence-electron chi connectivity index (χ0n) is 7.58. The number of nitrogens with zero attached hydrogens (tertiary/aromatic N) is 1. The topological polar surface area (TPSA) is 33.1 Å². The van der Waals surface area contributed by atoms with Crippen LogP contribution in [0.2, 0.25) is 0 Å². The molecule has 5 heteroatoms. The zero-order chi connectivity index (χ0) is 10.8. The quantitative estimate of drug-likeness (QED) is 0.894. The SMILES string of the molecule is OCc1sc(Br)nc1-c1cccc(Br)c1. The van der Waals surface area contributed by atoms with Gasteiger partial charge in [0.05, 0.1) is 17.2 Å². The Morgan fingerprint density at radius 1 is 1.33 bits per heavy atom. The molecule has 0 fully saturated rings. The molecule has 15 heavy (non-hydrogen) atoms. The monoisotopic (exact) mass is 347 g/mol. The first-order valence-electron chi connectivity index (χ1n) is 4.22. The molecule has 0 saturated heterocycles. The van der Waals surface area contributed by atoms with Crippen molar-refractivity contribution in [3.63, 3.8) is 0 Å². The van der Waals surface area contributed by atoms with Gasteiger partial charge in [0.25, 0.3) is 0 Å².